The molecule has 1 fully saturated rings. The third-order valence-electron chi connectivity index (χ3n) is 5.62. The van der Waals surface area contributed by atoms with Gasteiger partial charge in [0.1, 0.15) is 17.3 Å². The maximum absolute atomic E-state index is 14.3. The quantitative estimate of drug-likeness (QED) is 0.628. The maximum atomic E-state index is 14.3. The second kappa shape index (κ2) is 9.40. The summed E-state index contributed by atoms with van der Waals surface area (Å²) >= 11 is 0. The van der Waals surface area contributed by atoms with E-state index in [9.17, 15) is 18.4 Å². The van der Waals surface area contributed by atoms with Gasteiger partial charge in [0.25, 0.3) is 5.91 Å². The summed E-state index contributed by atoms with van der Waals surface area (Å²) < 4.78 is 29.6. The molecule has 32 heavy (non-hydrogen) atoms. The molecule has 1 aliphatic heterocycles. The van der Waals surface area contributed by atoms with Crippen LogP contribution in [-0.2, 0) is 6.54 Å². The molecular weight excluding hydrogens is 414 g/mol. The van der Waals surface area contributed by atoms with E-state index in [-0.39, 0.29) is 17.2 Å². The van der Waals surface area contributed by atoms with Crippen molar-refractivity contribution in [1.82, 2.24) is 19.6 Å². The van der Waals surface area contributed by atoms with Gasteiger partial charge >= 0.3 is 0 Å². The van der Waals surface area contributed by atoms with Crippen molar-refractivity contribution in [3.63, 3.8) is 0 Å². The second-order valence-corrected chi connectivity index (χ2v) is 7.88. The molecule has 0 atom stereocenters. The minimum absolute atomic E-state index is 0.172. The Morgan fingerprint density at radius 2 is 1.69 bits per heavy atom. The lowest BCUT2D eigenvalue weighted by Crippen LogP contribution is -2.38. The third-order valence-corrected chi connectivity index (χ3v) is 5.62. The zero-order chi connectivity index (χ0) is 22.7. The van der Waals surface area contributed by atoms with Crippen LogP contribution in [0.3, 0.4) is 0 Å². The molecule has 0 saturated carbocycles. The van der Waals surface area contributed by atoms with Gasteiger partial charge in [-0.2, -0.15) is 5.10 Å². The summed E-state index contributed by atoms with van der Waals surface area (Å²) in [7, 11) is 0. The summed E-state index contributed by atoms with van der Waals surface area (Å²) in [4.78, 5) is 29.4. The zero-order valence-electron chi connectivity index (χ0n) is 17.8. The molecule has 0 aliphatic carbocycles. The fraction of sp³-hybridized carbons (Fsp3) is 0.292. The first-order chi connectivity index (χ1) is 15.4. The van der Waals surface area contributed by atoms with Crippen molar-refractivity contribution in [2.24, 2.45) is 0 Å². The number of halogens is 2. The monoisotopic (exact) mass is 438 g/mol. The normalized spacial score (nSPS) is 14.9. The smallest absolute Gasteiger partial charge is 0.278 e. The largest absolute Gasteiger partial charge is 0.336 e. The highest BCUT2D eigenvalue weighted by Gasteiger charge is 2.25. The predicted molar refractivity (Wildman–Crippen MR) is 117 cm³/mol. The summed E-state index contributed by atoms with van der Waals surface area (Å²) in [5.74, 6) is -1.22. The molecule has 1 aromatic heterocycles. The summed E-state index contributed by atoms with van der Waals surface area (Å²) in [6.45, 7) is 4.20. The zero-order valence-corrected chi connectivity index (χ0v) is 17.8. The maximum Gasteiger partial charge on any atom is 0.278 e. The second-order valence-electron chi connectivity index (χ2n) is 7.88. The molecule has 0 N–H and O–H groups in total. The van der Waals surface area contributed by atoms with Gasteiger partial charge in [0.2, 0.25) is 5.43 Å². The minimum Gasteiger partial charge on any atom is -0.336 e. The molecule has 1 saturated heterocycles. The topological polar surface area (TPSA) is 58.4 Å². The Hall–Kier alpha value is -3.39. The van der Waals surface area contributed by atoms with Crippen molar-refractivity contribution in [1.29, 1.82) is 0 Å². The van der Waals surface area contributed by atoms with Crippen molar-refractivity contribution >= 4 is 5.91 Å². The van der Waals surface area contributed by atoms with Crippen LogP contribution in [-0.4, -0.2) is 51.7 Å². The van der Waals surface area contributed by atoms with E-state index in [1.54, 1.807) is 48.2 Å². The molecule has 166 valence electrons. The van der Waals surface area contributed by atoms with Crippen LogP contribution in [0.1, 0.15) is 28.2 Å². The number of para-hydroxylation sites is 1. The molecule has 0 radical (unpaired) electrons. The van der Waals surface area contributed by atoms with Crippen LogP contribution in [0, 0.1) is 18.6 Å². The number of amides is 1. The number of aromatic nitrogens is 2. The Labute approximate surface area is 184 Å². The molecule has 2 heterocycles. The molecular formula is C24H24F2N4O2. The number of hydrogen-bond donors (Lipinski definition) is 0. The van der Waals surface area contributed by atoms with Crippen LogP contribution >= 0.6 is 0 Å². The van der Waals surface area contributed by atoms with Gasteiger partial charge in [0.05, 0.1) is 0 Å². The first-order valence-corrected chi connectivity index (χ1v) is 10.5. The summed E-state index contributed by atoms with van der Waals surface area (Å²) in [6, 6.07) is 14.0. The van der Waals surface area contributed by atoms with E-state index >= 15 is 0 Å². The van der Waals surface area contributed by atoms with Gasteiger partial charge in [0, 0.05) is 50.0 Å². The van der Waals surface area contributed by atoms with E-state index in [4.69, 9.17) is 0 Å². The average Bonchev–Trinajstić information content (AvgIpc) is 3.01. The first kappa shape index (κ1) is 21.8. The molecule has 0 unspecified atom stereocenters. The number of carbonyl (C=O) groups excluding carboxylic acids is 1. The number of hydrogen-bond acceptors (Lipinski definition) is 4. The summed E-state index contributed by atoms with van der Waals surface area (Å²) in [5, 5.41) is 4.22. The minimum atomic E-state index is -0.497. The Kier molecular flexibility index (Phi) is 6.41. The number of nitrogens with zero attached hydrogens (tertiary/aromatic N) is 4. The van der Waals surface area contributed by atoms with Crippen LogP contribution < -0.4 is 5.43 Å². The van der Waals surface area contributed by atoms with Gasteiger partial charge in [-0.15, -0.1) is 0 Å². The van der Waals surface area contributed by atoms with E-state index in [1.807, 2.05) is 0 Å². The predicted octanol–water partition coefficient (Wildman–Crippen LogP) is 3.17. The third kappa shape index (κ3) is 4.60. The van der Waals surface area contributed by atoms with Crippen LogP contribution in [0.2, 0.25) is 0 Å². The summed E-state index contributed by atoms with van der Waals surface area (Å²) in [5.41, 5.74) is 0.490. The Morgan fingerprint density at radius 1 is 0.969 bits per heavy atom. The van der Waals surface area contributed by atoms with E-state index < -0.39 is 17.2 Å². The van der Waals surface area contributed by atoms with E-state index in [2.05, 4.69) is 10.00 Å². The van der Waals surface area contributed by atoms with E-state index in [0.717, 1.165) is 0 Å². The SMILES string of the molecule is Cc1cc(=O)c(C(=O)N2CCCN(Cc3ccccc3F)CC2)nn1-c1ccccc1F. The van der Waals surface area contributed by atoms with Gasteiger partial charge < -0.3 is 4.90 Å². The van der Waals surface area contributed by atoms with Gasteiger partial charge in [-0.3, -0.25) is 14.5 Å². The van der Waals surface area contributed by atoms with E-state index in [0.29, 0.717) is 50.4 Å². The fourth-order valence-electron chi connectivity index (χ4n) is 3.91. The molecule has 0 spiro atoms. The molecule has 6 nitrogen and oxygen atoms in total. The molecule has 3 aromatic rings. The molecule has 2 aromatic carbocycles. The molecule has 0 bridgehead atoms. The highest BCUT2D eigenvalue weighted by Crippen LogP contribution is 2.15. The van der Waals surface area contributed by atoms with Gasteiger partial charge in [-0.25, -0.2) is 13.5 Å². The van der Waals surface area contributed by atoms with Crippen molar-refractivity contribution in [3.05, 3.63) is 93.4 Å². The van der Waals surface area contributed by atoms with E-state index in [1.165, 1.54) is 22.9 Å². The number of benzene rings is 2. The standard InChI is InChI=1S/C24H24F2N4O2/c1-17-15-22(31)23(27-30(17)21-10-5-4-9-20(21)26)24(32)29-12-6-11-28(13-14-29)16-18-7-2-3-8-19(18)25/h2-5,7-10,15H,6,11-14,16H2,1H3. The number of carbonyl (C=O) groups is 1. The lowest BCUT2D eigenvalue weighted by atomic mass is 10.2. The van der Waals surface area contributed by atoms with Crippen molar-refractivity contribution in [2.75, 3.05) is 26.2 Å². The number of aryl methyl sites for hydroxylation is 1. The fourth-order valence-corrected chi connectivity index (χ4v) is 3.91. The summed E-state index contributed by atoms with van der Waals surface area (Å²) in [6.07, 6.45) is 0.688. The van der Waals surface area contributed by atoms with Crippen LogP contribution in [0.5, 0.6) is 0 Å². The lowest BCUT2D eigenvalue weighted by molar-refractivity contribution is 0.0751. The van der Waals surface area contributed by atoms with Crippen LogP contribution in [0.25, 0.3) is 5.69 Å². The average molecular weight is 438 g/mol. The van der Waals surface area contributed by atoms with Crippen LogP contribution in [0.4, 0.5) is 8.78 Å². The first-order valence-electron chi connectivity index (χ1n) is 10.5. The van der Waals surface area contributed by atoms with Crippen LogP contribution in [0.15, 0.2) is 59.4 Å². The van der Waals surface area contributed by atoms with Gasteiger partial charge in [-0.05, 0) is 31.5 Å². The Morgan fingerprint density at radius 3 is 2.44 bits per heavy atom. The van der Waals surface area contributed by atoms with Crippen molar-refractivity contribution in [2.45, 2.75) is 19.9 Å². The molecule has 4 rings (SSSR count). The Balaban J connectivity index is 1.53. The lowest BCUT2D eigenvalue weighted by Gasteiger charge is -2.22. The highest BCUT2D eigenvalue weighted by atomic mass is 19.1. The Bertz CT molecular complexity index is 1190. The molecule has 1 aliphatic rings. The van der Waals surface area contributed by atoms with Gasteiger partial charge in [0.15, 0.2) is 5.69 Å². The van der Waals surface area contributed by atoms with Gasteiger partial charge in [-0.1, -0.05) is 30.3 Å². The highest BCUT2D eigenvalue weighted by molar-refractivity contribution is 5.92. The number of rotatable bonds is 4. The molecule has 1 amide bonds. The van der Waals surface area contributed by atoms with Crippen molar-refractivity contribution < 1.29 is 13.6 Å². The van der Waals surface area contributed by atoms with Crippen molar-refractivity contribution in [3.8, 4) is 5.69 Å². The molecule has 8 heteroatoms.